The van der Waals surface area contributed by atoms with Crippen LogP contribution in [-0.2, 0) is 11.2 Å². The van der Waals surface area contributed by atoms with Crippen molar-refractivity contribution in [2.24, 2.45) is 17.8 Å². The summed E-state index contributed by atoms with van der Waals surface area (Å²) in [5.74, 6) is 0.639. The maximum Gasteiger partial charge on any atom is 0.276 e. The number of hydrogen-bond acceptors (Lipinski definition) is 7. The lowest BCUT2D eigenvalue weighted by atomic mass is 9.83. The van der Waals surface area contributed by atoms with Crippen LogP contribution in [0.15, 0.2) is 28.9 Å². The van der Waals surface area contributed by atoms with E-state index in [9.17, 15) is 14.3 Å². The number of amides is 1. The summed E-state index contributed by atoms with van der Waals surface area (Å²) in [6, 6.07) is 4.66. The molecule has 5 rings (SSSR count). The SMILES string of the molecule is CC(C)Cc1cc(C(=O)N2C[C@H]3O[C@]4(C2)CN(c2ncccc2F)C[C@@H]4[C@@H]3CO)no1. The Morgan fingerprint density at radius 2 is 2.23 bits per heavy atom. The Morgan fingerprint density at radius 1 is 1.39 bits per heavy atom. The normalized spacial score (nSPS) is 29.6. The van der Waals surface area contributed by atoms with Gasteiger partial charge in [-0.3, -0.25) is 4.79 Å². The first-order chi connectivity index (χ1) is 14.9. The average molecular weight is 430 g/mol. The number of nitrogens with zero attached hydrogens (tertiary/aromatic N) is 4. The molecule has 5 heterocycles. The average Bonchev–Trinajstić information content (AvgIpc) is 3.38. The summed E-state index contributed by atoms with van der Waals surface area (Å²) in [4.78, 5) is 21.0. The van der Waals surface area contributed by atoms with E-state index in [4.69, 9.17) is 9.26 Å². The number of aromatic nitrogens is 2. The minimum atomic E-state index is -0.666. The summed E-state index contributed by atoms with van der Waals surface area (Å²) in [5, 5.41) is 14.1. The maximum atomic E-state index is 14.4. The summed E-state index contributed by atoms with van der Waals surface area (Å²) in [5.41, 5.74) is -0.378. The minimum Gasteiger partial charge on any atom is -0.396 e. The third kappa shape index (κ3) is 3.40. The molecule has 3 fully saturated rings. The van der Waals surface area contributed by atoms with E-state index in [2.05, 4.69) is 24.0 Å². The van der Waals surface area contributed by atoms with Crippen LogP contribution < -0.4 is 4.90 Å². The molecule has 0 aliphatic carbocycles. The van der Waals surface area contributed by atoms with Crippen molar-refractivity contribution in [2.45, 2.75) is 32.0 Å². The number of fused-ring (bicyclic) bond motifs is 1. The molecule has 2 bridgehead atoms. The molecule has 1 N–H and O–H groups in total. The number of halogens is 1. The number of rotatable bonds is 5. The van der Waals surface area contributed by atoms with E-state index in [-0.39, 0.29) is 47.8 Å². The predicted molar refractivity (Wildman–Crippen MR) is 109 cm³/mol. The van der Waals surface area contributed by atoms with Crippen molar-refractivity contribution in [1.82, 2.24) is 15.0 Å². The second kappa shape index (κ2) is 7.56. The van der Waals surface area contributed by atoms with Gasteiger partial charge in [-0.1, -0.05) is 19.0 Å². The van der Waals surface area contributed by atoms with E-state index in [1.165, 1.54) is 6.07 Å². The fourth-order valence-corrected chi connectivity index (χ4v) is 5.43. The number of aliphatic hydroxyl groups excluding tert-OH is 1. The van der Waals surface area contributed by atoms with Crippen LogP contribution in [0.5, 0.6) is 0 Å². The van der Waals surface area contributed by atoms with Gasteiger partial charge in [0, 0.05) is 50.2 Å². The van der Waals surface area contributed by atoms with Gasteiger partial charge in [0.05, 0.1) is 19.2 Å². The number of likely N-dealkylation sites (tertiary alicyclic amines) is 1. The van der Waals surface area contributed by atoms with Crippen molar-refractivity contribution in [2.75, 3.05) is 37.7 Å². The molecular weight excluding hydrogens is 403 g/mol. The number of aliphatic hydroxyl groups is 1. The quantitative estimate of drug-likeness (QED) is 0.773. The Balaban J connectivity index is 1.39. The van der Waals surface area contributed by atoms with E-state index < -0.39 is 5.60 Å². The van der Waals surface area contributed by atoms with Crippen LogP contribution >= 0.6 is 0 Å². The largest absolute Gasteiger partial charge is 0.396 e. The molecule has 9 heteroatoms. The van der Waals surface area contributed by atoms with Crippen molar-refractivity contribution in [3.05, 3.63) is 41.7 Å². The van der Waals surface area contributed by atoms with E-state index in [0.717, 1.165) is 6.42 Å². The van der Waals surface area contributed by atoms with E-state index in [1.807, 2.05) is 4.90 Å². The van der Waals surface area contributed by atoms with Gasteiger partial charge in [0.1, 0.15) is 11.4 Å². The number of anilines is 1. The summed E-state index contributed by atoms with van der Waals surface area (Å²) >= 11 is 0. The van der Waals surface area contributed by atoms with E-state index >= 15 is 0 Å². The molecule has 0 saturated carbocycles. The van der Waals surface area contributed by atoms with Crippen molar-refractivity contribution < 1.29 is 23.6 Å². The highest BCUT2D eigenvalue weighted by Crippen LogP contribution is 2.50. The number of morpholine rings is 1. The molecular formula is C22H27FN4O4. The van der Waals surface area contributed by atoms with E-state index in [0.29, 0.717) is 37.9 Å². The Morgan fingerprint density at radius 3 is 2.97 bits per heavy atom. The highest BCUT2D eigenvalue weighted by molar-refractivity contribution is 5.92. The first-order valence-corrected chi connectivity index (χ1v) is 10.8. The number of pyridine rings is 1. The molecule has 3 saturated heterocycles. The molecule has 2 aromatic rings. The van der Waals surface area contributed by atoms with Crippen molar-refractivity contribution in [3.8, 4) is 0 Å². The number of ether oxygens (including phenoxy) is 1. The summed E-state index contributed by atoms with van der Waals surface area (Å²) in [7, 11) is 0. The molecule has 3 aliphatic rings. The predicted octanol–water partition coefficient (Wildman–Crippen LogP) is 1.75. The smallest absolute Gasteiger partial charge is 0.276 e. The van der Waals surface area contributed by atoms with Gasteiger partial charge in [-0.25, -0.2) is 9.37 Å². The zero-order valence-corrected chi connectivity index (χ0v) is 17.7. The molecule has 166 valence electrons. The zero-order valence-electron chi connectivity index (χ0n) is 17.7. The Labute approximate surface area is 180 Å². The van der Waals surface area contributed by atoms with Gasteiger partial charge in [-0.2, -0.15) is 0 Å². The third-order valence-electron chi connectivity index (χ3n) is 6.71. The summed E-state index contributed by atoms with van der Waals surface area (Å²) in [6.07, 6.45) is 2.02. The Kier molecular flexibility index (Phi) is 4.97. The highest BCUT2D eigenvalue weighted by atomic mass is 19.1. The molecule has 2 aromatic heterocycles. The lowest BCUT2D eigenvalue weighted by molar-refractivity contribution is -0.100. The molecule has 8 nitrogen and oxygen atoms in total. The molecule has 0 aromatic carbocycles. The first-order valence-electron chi connectivity index (χ1n) is 10.8. The molecule has 1 spiro atoms. The monoisotopic (exact) mass is 430 g/mol. The molecule has 3 aliphatic heterocycles. The van der Waals surface area contributed by atoms with Gasteiger partial charge in [0.2, 0.25) is 0 Å². The van der Waals surface area contributed by atoms with Crippen LogP contribution in [0.3, 0.4) is 0 Å². The zero-order chi connectivity index (χ0) is 21.8. The van der Waals surface area contributed by atoms with Crippen LogP contribution in [-0.4, -0.2) is 70.5 Å². The molecule has 4 atom stereocenters. The third-order valence-corrected chi connectivity index (χ3v) is 6.71. The summed E-state index contributed by atoms with van der Waals surface area (Å²) in [6.45, 7) is 5.82. The van der Waals surface area contributed by atoms with Gasteiger partial charge < -0.3 is 24.2 Å². The molecule has 1 amide bonds. The highest BCUT2D eigenvalue weighted by Gasteiger charge is 2.63. The topological polar surface area (TPSA) is 91.9 Å². The fraction of sp³-hybridized carbons (Fsp3) is 0.591. The number of hydrogen-bond donors (Lipinski definition) is 1. The van der Waals surface area contributed by atoms with Crippen molar-refractivity contribution in [1.29, 1.82) is 0 Å². The minimum absolute atomic E-state index is 0.0180. The van der Waals surface area contributed by atoms with Gasteiger partial charge in [0.25, 0.3) is 5.91 Å². The lowest BCUT2D eigenvalue weighted by Crippen LogP contribution is -2.55. The van der Waals surface area contributed by atoms with Crippen LogP contribution in [0.2, 0.25) is 0 Å². The van der Waals surface area contributed by atoms with Crippen LogP contribution in [0, 0.1) is 23.6 Å². The van der Waals surface area contributed by atoms with Crippen molar-refractivity contribution >= 4 is 11.7 Å². The van der Waals surface area contributed by atoms with Crippen LogP contribution in [0.4, 0.5) is 10.2 Å². The van der Waals surface area contributed by atoms with Gasteiger partial charge in [0.15, 0.2) is 17.3 Å². The van der Waals surface area contributed by atoms with Crippen LogP contribution in [0.25, 0.3) is 0 Å². The van der Waals surface area contributed by atoms with Gasteiger partial charge in [-0.05, 0) is 18.1 Å². The second-order valence-electron chi connectivity index (χ2n) is 9.33. The second-order valence-corrected chi connectivity index (χ2v) is 9.33. The van der Waals surface area contributed by atoms with E-state index in [1.54, 1.807) is 23.2 Å². The summed E-state index contributed by atoms with van der Waals surface area (Å²) < 4.78 is 26.1. The maximum absolute atomic E-state index is 14.4. The number of carbonyl (C=O) groups excluding carboxylic acids is 1. The van der Waals surface area contributed by atoms with Gasteiger partial charge in [-0.15, -0.1) is 0 Å². The van der Waals surface area contributed by atoms with Crippen molar-refractivity contribution in [3.63, 3.8) is 0 Å². The standard InChI is InChI=1S/C22H27FN4O4/c1-13(2)6-14-7-18(25-31-14)21(29)27-9-19-15(10-28)16-8-26(11-22(16,12-27)30-19)20-17(23)4-3-5-24-20/h3-5,7,13,15-16,19,28H,6,8-12H2,1-2H3/t15-,16+,19+,22-/m0/s1. The van der Waals surface area contributed by atoms with Crippen LogP contribution in [0.1, 0.15) is 30.1 Å². The molecule has 31 heavy (non-hydrogen) atoms. The first kappa shape index (κ1) is 20.4. The molecule has 0 unspecified atom stereocenters. The number of carbonyl (C=O) groups is 1. The lowest BCUT2D eigenvalue weighted by Gasteiger charge is -2.40. The fourth-order valence-electron chi connectivity index (χ4n) is 5.43. The Hall–Kier alpha value is -2.52. The molecule has 0 radical (unpaired) electrons. The van der Waals surface area contributed by atoms with Gasteiger partial charge >= 0.3 is 0 Å². The Bertz CT molecular complexity index is 982.